The van der Waals surface area contributed by atoms with Crippen LogP contribution in [0.25, 0.3) is 11.1 Å². The van der Waals surface area contributed by atoms with Crippen molar-refractivity contribution in [2.75, 3.05) is 6.61 Å². The number of unbranched alkanes of at least 4 members (excludes halogenated alkanes) is 1. The van der Waals surface area contributed by atoms with E-state index in [0.29, 0.717) is 18.3 Å². The fourth-order valence-electron chi connectivity index (χ4n) is 2.84. The maximum Gasteiger partial charge on any atom is 0.165 e. The van der Waals surface area contributed by atoms with Crippen LogP contribution in [0.1, 0.15) is 52.0 Å². The van der Waals surface area contributed by atoms with E-state index in [1.807, 2.05) is 18.2 Å². The second kappa shape index (κ2) is 9.46. The maximum absolute atomic E-state index is 14.4. The Kier molecular flexibility index (Phi) is 7.30. The molecule has 0 saturated heterocycles. The van der Waals surface area contributed by atoms with E-state index >= 15 is 0 Å². The van der Waals surface area contributed by atoms with Gasteiger partial charge in [0.2, 0.25) is 0 Å². The van der Waals surface area contributed by atoms with Crippen LogP contribution in [-0.4, -0.2) is 6.61 Å². The number of benzene rings is 2. The first-order valence-corrected chi connectivity index (χ1v) is 9.19. The average Bonchev–Trinajstić information content (AvgIpc) is 2.63. The molecule has 0 N–H and O–H groups in total. The van der Waals surface area contributed by atoms with Crippen LogP contribution in [0.5, 0.6) is 5.75 Å². The zero-order valence-electron chi connectivity index (χ0n) is 15.1. The molecule has 2 rings (SSSR count). The Balaban J connectivity index is 2.03. The first-order valence-electron chi connectivity index (χ1n) is 9.19. The molecule has 0 radical (unpaired) electrons. The Morgan fingerprint density at radius 2 is 1.67 bits per heavy atom. The maximum atomic E-state index is 14.4. The SMILES string of the molecule is CCCCC(CC)COc1ccc(-c2ccc(CC)cc2)cc1F. The molecule has 2 heteroatoms. The van der Waals surface area contributed by atoms with Crippen LogP contribution in [0.3, 0.4) is 0 Å². The summed E-state index contributed by atoms with van der Waals surface area (Å²) >= 11 is 0. The van der Waals surface area contributed by atoms with Gasteiger partial charge < -0.3 is 4.74 Å². The van der Waals surface area contributed by atoms with Gasteiger partial charge in [0.1, 0.15) is 0 Å². The van der Waals surface area contributed by atoms with Crippen LogP contribution < -0.4 is 4.74 Å². The van der Waals surface area contributed by atoms with Gasteiger partial charge in [-0.1, -0.05) is 70.4 Å². The van der Waals surface area contributed by atoms with E-state index < -0.39 is 0 Å². The molecule has 0 heterocycles. The molecule has 0 aliphatic rings. The van der Waals surface area contributed by atoms with Gasteiger partial charge in [-0.2, -0.15) is 0 Å². The van der Waals surface area contributed by atoms with E-state index in [0.717, 1.165) is 30.4 Å². The molecule has 0 spiro atoms. The second-order valence-corrected chi connectivity index (χ2v) is 6.42. The lowest BCUT2D eigenvalue weighted by molar-refractivity contribution is 0.225. The monoisotopic (exact) mass is 328 g/mol. The molecule has 0 bridgehead atoms. The lowest BCUT2D eigenvalue weighted by Crippen LogP contribution is -2.12. The molecule has 0 aliphatic heterocycles. The van der Waals surface area contributed by atoms with Crippen molar-refractivity contribution in [1.29, 1.82) is 0 Å². The van der Waals surface area contributed by atoms with Crippen molar-refractivity contribution < 1.29 is 9.13 Å². The molecule has 1 nitrogen and oxygen atoms in total. The van der Waals surface area contributed by atoms with E-state index in [-0.39, 0.29) is 5.82 Å². The highest BCUT2D eigenvalue weighted by molar-refractivity contribution is 5.64. The lowest BCUT2D eigenvalue weighted by Gasteiger charge is -2.16. The Morgan fingerprint density at radius 1 is 0.958 bits per heavy atom. The summed E-state index contributed by atoms with van der Waals surface area (Å²) in [4.78, 5) is 0. The topological polar surface area (TPSA) is 9.23 Å². The van der Waals surface area contributed by atoms with Crippen molar-refractivity contribution in [3.63, 3.8) is 0 Å². The summed E-state index contributed by atoms with van der Waals surface area (Å²) in [7, 11) is 0. The summed E-state index contributed by atoms with van der Waals surface area (Å²) in [6, 6.07) is 13.5. The third kappa shape index (κ3) is 5.09. The van der Waals surface area contributed by atoms with Gasteiger partial charge in [-0.15, -0.1) is 0 Å². The summed E-state index contributed by atoms with van der Waals surface area (Å²) in [6.07, 6.45) is 5.63. The largest absolute Gasteiger partial charge is 0.490 e. The molecule has 2 aromatic rings. The minimum absolute atomic E-state index is 0.280. The summed E-state index contributed by atoms with van der Waals surface area (Å²) in [5.74, 6) is 0.585. The fraction of sp³-hybridized carbons (Fsp3) is 0.455. The van der Waals surface area contributed by atoms with Gasteiger partial charge in [-0.25, -0.2) is 4.39 Å². The summed E-state index contributed by atoms with van der Waals surface area (Å²) in [5.41, 5.74) is 3.21. The molecule has 0 aliphatic carbocycles. The van der Waals surface area contributed by atoms with Gasteiger partial charge in [0.15, 0.2) is 11.6 Å². The van der Waals surface area contributed by atoms with E-state index in [1.165, 1.54) is 18.4 Å². The molecule has 130 valence electrons. The second-order valence-electron chi connectivity index (χ2n) is 6.42. The molecule has 1 unspecified atom stereocenters. The van der Waals surface area contributed by atoms with Crippen molar-refractivity contribution in [2.24, 2.45) is 5.92 Å². The van der Waals surface area contributed by atoms with Crippen molar-refractivity contribution >= 4 is 0 Å². The first kappa shape index (κ1) is 18.5. The van der Waals surface area contributed by atoms with Crippen LogP contribution in [0, 0.1) is 11.7 Å². The Bertz CT molecular complexity index is 618. The van der Waals surface area contributed by atoms with Gasteiger partial charge in [0, 0.05) is 0 Å². The smallest absolute Gasteiger partial charge is 0.165 e. The highest BCUT2D eigenvalue weighted by Crippen LogP contribution is 2.27. The van der Waals surface area contributed by atoms with Gasteiger partial charge in [0.25, 0.3) is 0 Å². The molecular weight excluding hydrogens is 299 g/mol. The van der Waals surface area contributed by atoms with Crippen LogP contribution in [-0.2, 0) is 6.42 Å². The van der Waals surface area contributed by atoms with Gasteiger partial charge in [-0.3, -0.25) is 0 Å². The van der Waals surface area contributed by atoms with Crippen molar-refractivity contribution in [1.82, 2.24) is 0 Å². The number of aryl methyl sites for hydroxylation is 1. The highest BCUT2D eigenvalue weighted by atomic mass is 19.1. The number of hydrogen-bond donors (Lipinski definition) is 0. The van der Waals surface area contributed by atoms with Gasteiger partial charge in [-0.05, 0) is 47.6 Å². The third-order valence-electron chi connectivity index (χ3n) is 4.65. The summed E-state index contributed by atoms with van der Waals surface area (Å²) in [6.45, 7) is 7.09. The number of halogens is 1. The van der Waals surface area contributed by atoms with Crippen LogP contribution in [0.2, 0.25) is 0 Å². The predicted molar refractivity (Wildman–Crippen MR) is 100 cm³/mol. The Labute approximate surface area is 145 Å². The molecule has 0 saturated carbocycles. The number of rotatable bonds is 9. The van der Waals surface area contributed by atoms with Crippen LogP contribution >= 0.6 is 0 Å². The minimum Gasteiger partial charge on any atom is -0.490 e. The summed E-state index contributed by atoms with van der Waals surface area (Å²) in [5, 5.41) is 0. The highest BCUT2D eigenvalue weighted by Gasteiger charge is 2.10. The average molecular weight is 328 g/mol. The van der Waals surface area contributed by atoms with E-state index in [1.54, 1.807) is 12.1 Å². The normalized spacial score (nSPS) is 12.2. The van der Waals surface area contributed by atoms with Crippen LogP contribution in [0.15, 0.2) is 42.5 Å². The molecular formula is C22H29FO. The van der Waals surface area contributed by atoms with Gasteiger partial charge in [0.05, 0.1) is 6.61 Å². The first-order chi connectivity index (χ1) is 11.7. The quantitative estimate of drug-likeness (QED) is 0.500. The molecule has 1 atom stereocenters. The molecule has 0 fully saturated rings. The van der Waals surface area contributed by atoms with Crippen molar-refractivity contribution in [2.45, 2.75) is 52.9 Å². The van der Waals surface area contributed by atoms with Crippen molar-refractivity contribution in [3.8, 4) is 16.9 Å². The standard InChI is InChI=1S/C22H29FO/c1-4-7-8-18(6-3)16-24-22-14-13-20(15-21(22)23)19-11-9-17(5-2)10-12-19/h9-15,18H,4-8,16H2,1-3H3. The fourth-order valence-corrected chi connectivity index (χ4v) is 2.84. The third-order valence-corrected chi connectivity index (χ3v) is 4.65. The Morgan fingerprint density at radius 3 is 2.25 bits per heavy atom. The molecule has 0 amide bonds. The number of hydrogen-bond acceptors (Lipinski definition) is 1. The van der Waals surface area contributed by atoms with E-state index in [2.05, 4.69) is 32.9 Å². The molecule has 2 aromatic carbocycles. The van der Waals surface area contributed by atoms with Crippen molar-refractivity contribution in [3.05, 3.63) is 53.8 Å². The number of ether oxygens (including phenoxy) is 1. The van der Waals surface area contributed by atoms with E-state index in [4.69, 9.17) is 4.74 Å². The lowest BCUT2D eigenvalue weighted by atomic mass is 10.0. The summed E-state index contributed by atoms with van der Waals surface area (Å²) < 4.78 is 20.1. The zero-order chi connectivity index (χ0) is 17.4. The van der Waals surface area contributed by atoms with Gasteiger partial charge >= 0.3 is 0 Å². The van der Waals surface area contributed by atoms with E-state index in [9.17, 15) is 4.39 Å². The predicted octanol–water partition coefficient (Wildman–Crippen LogP) is 6.65. The zero-order valence-corrected chi connectivity index (χ0v) is 15.1. The molecule has 0 aromatic heterocycles. The Hall–Kier alpha value is -1.83. The molecule has 24 heavy (non-hydrogen) atoms. The van der Waals surface area contributed by atoms with Crippen LogP contribution in [0.4, 0.5) is 4.39 Å². The minimum atomic E-state index is -0.280.